The second-order valence-electron chi connectivity index (χ2n) is 5.04. The Hall–Kier alpha value is -1.38. The van der Waals surface area contributed by atoms with Crippen molar-refractivity contribution in [1.29, 1.82) is 0 Å². The predicted molar refractivity (Wildman–Crippen MR) is 87.1 cm³/mol. The van der Waals surface area contributed by atoms with E-state index >= 15 is 0 Å². The molecule has 1 aliphatic rings. The molecule has 0 aromatic heterocycles. The van der Waals surface area contributed by atoms with Gasteiger partial charge in [0.05, 0.1) is 10.0 Å². The third kappa shape index (κ3) is 3.02. The summed E-state index contributed by atoms with van der Waals surface area (Å²) in [5.74, 6) is 0. The molecule has 1 unspecified atom stereocenters. The SMILES string of the molecule is Clc1ccc(NC2CCN(c3ccccc3)C2)cc1Cl. The molecule has 3 rings (SSSR count). The molecule has 2 nitrogen and oxygen atoms in total. The molecule has 0 radical (unpaired) electrons. The van der Waals surface area contributed by atoms with Crippen LogP contribution in [0.15, 0.2) is 48.5 Å². The van der Waals surface area contributed by atoms with Crippen LogP contribution in [0.5, 0.6) is 0 Å². The third-order valence-corrected chi connectivity index (χ3v) is 4.34. The molecule has 1 fully saturated rings. The van der Waals surface area contributed by atoms with Crippen molar-refractivity contribution in [2.24, 2.45) is 0 Å². The van der Waals surface area contributed by atoms with Gasteiger partial charge in [0.15, 0.2) is 0 Å². The quantitative estimate of drug-likeness (QED) is 0.885. The summed E-state index contributed by atoms with van der Waals surface area (Å²) in [4.78, 5) is 2.40. The van der Waals surface area contributed by atoms with Gasteiger partial charge < -0.3 is 10.2 Å². The molecule has 1 heterocycles. The van der Waals surface area contributed by atoms with Gasteiger partial charge in [0, 0.05) is 30.5 Å². The van der Waals surface area contributed by atoms with Crippen LogP contribution in [0, 0.1) is 0 Å². The molecular formula is C16H16Cl2N2. The van der Waals surface area contributed by atoms with E-state index in [4.69, 9.17) is 23.2 Å². The number of nitrogens with one attached hydrogen (secondary N) is 1. The molecule has 1 atom stereocenters. The maximum Gasteiger partial charge on any atom is 0.0612 e. The number of rotatable bonds is 3. The Morgan fingerprint density at radius 1 is 1.00 bits per heavy atom. The minimum absolute atomic E-state index is 0.437. The Kier molecular flexibility index (Phi) is 4.04. The van der Waals surface area contributed by atoms with Gasteiger partial charge in [0.1, 0.15) is 0 Å². The summed E-state index contributed by atoms with van der Waals surface area (Å²) in [5.41, 5.74) is 2.31. The minimum Gasteiger partial charge on any atom is -0.380 e. The molecule has 1 N–H and O–H groups in total. The number of benzene rings is 2. The van der Waals surface area contributed by atoms with Gasteiger partial charge in [-0.2, -0.15) is 0 Å². The molecule has 1 aliphatic heterocycles. The van der Waals surface area contributed by atoms with Gasteiger partial charge in [0.25, 0.3) is 0 Å². The summed E-state index contributed by atoms with van der Waals surface area (Å²) in [6.07, 6.45) is 1.12. The first-order valence-corrected chi connectivity index (χ1v) is 7.49. The second-order valence-corrected chi connectivity index (χ2v) is 5.85. The third-order valence-electron chi connectivity index (χ3n) is 3.60. The maximum atomic E-state index is 6.04. The number of anilines is 2. The second kappa shape index (κ2) is 5.94. The van der Waals surface area contributed by atoms with Crippen LogP contribution in [0.25, 0.3) is 0 Å². The lowest BCUT2D eigenvalue weighted by molar-refractivity contribution is 0.807. The van der Waals surface area contributed by atoms with E-state index in [0.717, 1.165) is 25.2 Å². The lowest BCUT2D eigenvalue weighted by Gasteiger charge is -2.19. The molecule has 20 heavy (non-hydrogen) atoms. The number of hydrogen-bond donors (Lipinski definition) is 1. The number of nitrogens with zero attached hydrogens (tertiary/aromatic N) is 1. The fourth-order valence-electron chi connectivity index (χ4n) is 2.57. The molecular weight excluding hydrogens is 291 g/mol. The molecule has 0 bridgehead atoms. The zero-order valence-corrected chi connectivity index (χ0v) is 12.5. The van der Waals surface area contributed by atoms with Crippen molar-refractivity contribution >= 4 is 34.6 Å². The fourth-order valence-corrected chi connectivity index (χ4v) is 2.87. The maximum absolute atomic E-state index is 6.04. The Labute approximate surface area is 129 Å². The van der Waals surface area contributed by atoms with Crippen molar-refractivity contribution < 1.29 is 0 Å². The minimum atomic E-state index is 0.437. The zero-order valence-electron chi connectivity index (χ0n) is 11.0. The highest BCUT2D eigenvalue weighted by Gasteiger charge is 2.22. The van der Waals surface area contributed by atoms with E-state index in [1.807, 2.05) is 24.3 Å². The Bertz CT molecular complexity index is 586. The Morgan fingerprint density at radius 2 is 1.80 bits per heavy atom. The van der Waals surface area contributed by atoms with Crippen LogP contribution < -0.4 is 10.2 Å². The van der Waals surface area contributed by atoms with Gasteiger partial charge in [-0.25, -0.2) is 0 Å². The smallest absolute Gasteiger partial charge is 0.0612 e. The molecule has 2 aromatic carbocycles. The van der Waals surface area contributed by atoms with Crippen LogP contribution in [0.2, 0.25) is 10.0 Å². The largest absolute Gasteiger partial charge is 0.380 e. The standard InChI is InChI=1S/C16H16Cl2N2/c17-15-7-6-12(10-16(15)18)19-13-8-9-20(11-13)14-4-2-1-3-5-14/h1-7,10,13,19H,8-9,11H2. The van der Waals surface area contributed by atoms with Gasteiger partial charge in [-0.05, 0) is 36.8 Å². The van der Waals surface area contributed by atoms with E-state index in [1.165, 1.54) is 5.69 Å². The normalized spacial score (nSPS) is 18.3. The van der Waals surface area contributed by atoms with Crippen LogP contribution in [0.1, 0.15) is 6.42 Å². The van der Waals surface area contributed by atoms with Crippen LogP contribution in [0.3, 0.4) is 0 Å². The predicted octanol–water partition coefficient (Wildman–Crippen LogP) is 4.68. The van der Waals surface area contributed by atoms with E-state index < -0.39 is 0 Å². The van der Waals surface area contributed by atoms with Crippen LogP contribution >= 0.6 is 23.2 Å². The highest BCUT2D eigenvalue weighted by atomic mass is 35.5. The van der Waals surface area contributed by atoms with Gasteiger partial charge >= 0.3 is 0 Å². The molecule has 0 aliphatic carbocycles. The van der Waals surface area contributed by atoms with Gasteiger partial charge in [-0.15, -0.1) is 0 Å². The molecule has 0 saturated carbocycles. The lowest BCUT2D eigenvalue weighted by atomic mass is 10.2. The average molecular weight is 307 g/mol. The molecule has 0 spiro atoms. The van der Waals surface area contributed by atoms with E-state index in [1.54, 1.807) is 0 Å². The summed E-state index contributed by atoms with van der Waals surface area (Å²) in [6.45, 7) is 2.08. The van der Waals surface area contributed by atoms with Crippen molar-refractivity contribution in [1.82, 2.24) is 0 Å². The first-order chi connectivity index (χ1) is 9.72. The topological polar surface area (TPSA) is 15.3 Å². The summed E-state index contributed by atoms with van der Waals surface area (Å²) in [5, 5.41) is 4.71. The summed E-state index contributed by atoms with van der Waals surface area (Å²) in [7, 11) is 0. The highest BCUT2D eigenvalue weighted by Crippen LogP contribution is 2.27. The van der Waals surface area contributed by atoms with Gasteiger partial charge in [-0.3, -0.25) is 0 Å². The number of hydrogen-bond acceptors (Lipinski definition) is 2. The monoisotopic (exact) mass is 306 g/mol. The number of para-hydroxylation sites is 1. The van der Waals surface area contributed by atoms with Crippen LogP contribution in [0.4, 0.5) is 11.4 Å². The molecule has 4 heteroatoms. The van der Waals surface area contributed by atoms with Crippen molar-refractivity contribution in [3.63, 3.8) is 0 Å². The zero-order chi connectivity index (χ0) is 13.9. The summed E-state index contributed by atoms with van der Waals surface area (Å²) < 4.78 is 0. The van der Waals surface area contributed by atoms with Gasteiger partial charge in [0.2, 0.25) is 0 Å². The first kappa shape index (κ1) is 13.6. The lowest BCUT2D eigenvalue weighted by Crippen LogP contribution is -2.25. The molecule has 2 aromatic rings. The van der Waals surface area contributed by atoms with Crippen molar-refractivity contribution in [2.45, 2.75) is 12.5 Å². The van der Waals surface area contributed by atoms with Crippen molar-refractivity contribution in [2.75, 3.05) is 23.3 Å². The van der Waals surface area contributed by atoms with E-state index in [0.29, 0.717) is 16.1 Å². The highest BCUT2D eigenvalue weighted by molar-refractivity contribution is 6.42. The van der Waals surface area contributed by atoms with Crippen LogP contribution in [-0.4, -0.2) is 19.1 Å². The summed E-state index contributed by atoms with van der Waals surface area (Å²) >= 11 is 12.0. The Morgan fingerprint density at radius 3 is 2.55 bits per heavy atom. The van der Waals surface area contributed by atoms with Gasteiger partial charge in [-0.1, -0.05) is 41.4 Å². The average Bonchev–Trinajstić information content (AvgIpc) is 2.92. The van der Waals surface area contributed by atoms with Crippen molar-refractivity contribution in [3.8, 4) is 0 Å². The fraction of sp³-hybridized carbons (Fsp3) is 0.250. The number of halogens is 2. The first-order valence-electron chi connectivity index (χ1n) is 6.74. The van der Waals surface area contributed by atoms with E-state index in [9.17, 15) is 0 Å². The van der Waals surface area contributed by atoms with E-state index in [2.05, 4.69) is 34.5 Å². The molecule has 1 saturated heterocycles. The van der Waals surface area contributed by atoms with E-state index in [-0.39, 0.29) is 0 Å². The van der Waals surface area contributed by atoms with Crippen molar-refractivity contribution in [3.05, 3.63) is 58.6 Å². The molecule has 0 amide bonds. The summed E-state index contributed by atoms with van der Waals surface area (Å²) in [6, 6.07) is 16.6. The van der Waals surface area contributed by atoms with Crippen LogP contribution in [-0.2, 0) is 0 Å². The Balaban J connectivity index is 1.64. The molecule has 104 valence electrons.